The summed E-state index contributed by atoms with van der Waals surface area (Å²) in [6, 6.07) is 8.94. The van der Waals surface area contributed by atoms with Crippen molar-refractivity contribution in [2.24, 2.45) is 0 Å². The van der Waals surface area contributed by atoms with Crippen molar-refractivity contribution in [1.29, 1.82) is 5.26 Å². The van der Waals surface area contributed by atoms with Gasteiger partial charge in [0, 0.05) is 10.6 Å². The molecule has 5 heteroatoms. The second-order valence-corrected chi connectivity index (χ2v) is 4.58. The Bertz CT molecular complexity index is 633. The molecule has 18 heavy (non-hydrogen) atoms. The average Bonchev–Trinajstić information content (AvgIpc) is 2.33. The number of nitrogens with two attached hydrogens (primary N) is 1. The maximum Gasteiger partial charge on any atom is 0.0761 e. The molecular weight excluding hydrogens is 269 g/mol. The Morgan fingerprint density at radius 3 is 2.78 bits per heavy atom. The lowest BCUT2D eigenvalue weighted by Crippen LogP contribution is -1.96. The molecule has 0 bridgehead atoms. The highest BCUT2D eigenvalue weighted by atomic mass is 35.5. The molecule has 2 aromatic rings. The van der Waals surface area contributed by atoms with Gasteiger partial charge in [-0.15, -0.1) is 0 Å². The summed E-state index contributed by atoms with van der Waals surface area (Å²) in [5.74, 6) is 0. The van der Waals surface area contributed by atoms with E-state index in [4.69, 9.17) is 34.2 Å². The van der Waals surface area contributed by atoms with Crippen molar-refractivity contribution < 1.29 is 0 Å². The largest absolute Gasteiger partial charge is 0.397 e. The maximum absolute atomic E-state index is 8.83. The number of halogens is 2. The zero-order chi connectivity index (χ0) is 13.1. The summed E-state index contributed by atoms with van der Waals surface area (Å²) in [4.78, 5) is 4.25. The molecule has 0 aliphatic rings. The number of hydrogen-bond acceptors (Lipinski definition) is 3. The molecule has 0 saturated heterocycles. The first kappa shape index (κ1) is 12.7. The second-order valence-electron chi connectivity index (χ2n) is 3.74. The van der Waals surface area contributed by atoms with Crippen LogP contribution in [0.15, 0.2) is 30.5 Å². The van der Waals surface area contributed by atoms with E-state index in [2.05, 4.69) is 11.1 Å². The van der Waals surface area contributed by atoms with Crippen LogP contribution in [0.25, 0.3) is 11.3 Å². The van der Waals surface area contributed by atoms with Gasteiger partial charge in [0.1, 0.15) is 0 Å². The first-order valence-corrected chi connectivity index (χ1v) is 5.94. The minimum absolute atomic E-state index is 0.218. The fourth-order valence-corrected chi connectivity index (χ4v) is 2.05. The van der Waals surface area contributed by atoms with Crippen LogP contribution in [0.5, 0.6) is 0 Å². The summed E-state index contributed by atoms with van der Waals surface area (Å²) in [6.07, 6.45) is 1.75. The van der Waals surface area contributed by atoms with E-state index in [1.807, 2.05) is 0 Å². The first-order valence-electron chi connectivity index (χ1n) is 5.18. The number of nitrogens with zero attached hydrogens (tertiary/aromatic N) is 2. The summed E-state index contributed by atoms with van der Waals surface area (Å²) in [5, 5.41) is 9.93. The molecule has 3 nitrogen and oxygen atoms in total. The van der Waals surface area contributed by atoms with Gasteiger partial charge in [-0.1, -0.05) is 23.2 Å². The third kappa shape index (κ3) is 2.56. The second kappa shape index (κ2) is 5.26. The molecule has 2 N–H and O–H groups in total. The third-order valence-electron chi connectivity index (χ3n) is 2.44. The van der Waals surface area contributed by atoms with Gasteiger partial charge in [-0.2, -0.15) is 5.26 Å². The molecule has 1 aromatic heterocycles. The SMILES string of the molecule is N#CCc1cc(N)cnc1-c1cc(Cl)ccc1Cl. The van der Waals surface area contributed by atoms with Gasteiger partial charge in [0.15, 0.2) is 0 Å². The number of anilines is 1. The van der Waals surface area contributed by atoms with E-state index in [1.54, 1.807) is 24.3 Å². The standard InChI is InChI=1S/C13H9Cl2N3/c14-9-1-2-12(15)11(6-9)13-8(3-4-16)5-10(17)7-18-13/h1-2,5-7H,3,17H2. The van der Waals surface area contributed by atoms with E-state index in [0.29, 0.717) is 27.0 Å². The Kier molecular flexibility index (Phi) is 3.71. The van der Waals surface area contributed by atoms with Crippen LogP contribution in [0.3, 0.4) is 0 Å². The molecule has 2 rings (SSSR count). The van der Waals surface area contributed by atoms with Gasteiger partial charge < -0.3 is 5.73 Å². The van der Waals surface area contributed by atoms with Crippen LogP contribution in [0.1, 0.15) is 5.56 Å². The molecule has 0 aliphatic heterocycles. The number of pyridine rings is 1. The van der Waals surface area contributed by atoms with Crippen molar-refractivity contribution in [2.75, 3.05) is 5.73 Å². The summed E-state index contributed by atoms with van der Waals surface area (Å²) < 4.78 is 0. The Balaban J connectivity index is 2.63. The van der Waals surface area contributed by atoms with Crippen LogP contribution < -0.4 is 5.73 Å². The highest BCUT2D eigenvalue weighted by Crippen LogP contribution is 2.32. The van der Waals surface area contributed by atoms with Crippen molar-refractivity contribution in [3.8, 4) is 17.3 Å². The van der Waals surface area contributed by atoms with E-state index in [0.717, 1.165) is 5.56 Å². The quantitative estimate of drug-likeness (QED) is 0.910. The molecule has 0 unspecified atom stereocenters. The summed E-state index contributed by atoms with van der Waals surface area (Å²) >= 11 is 12.1. The number of benzene rings is 1. The zero-order valence-corrected chi connectivity index (χ0v) is 10.8. The molecule has 0 radical (unpaired) electrons. The highest BCUT2D eigenvalue weighted by molar-refractivity contribution is 6.35. The molecule has 0 atom stereocenters. The lowest BCUT2D eigenvalue weighted by atomic mass is 10.0. The van der Waals surface area contributed by atoms with Crippen LogP contribution >= 0.6 is 23.2 Å². The van der Waals surface area contributed by atoms with E-state index in [-0.39, 0.29) is 6.42 Å². The fraction of sp³-hybridized carbons (Fsp3) is 0.0769. The van der Waals surface area contributed by atoms with E-state index in [9.17, 15) is 0 Å². The zero-order valence-electron chi connectivity index (χ0n) is 9.32. The van der Waals surface area contributed by atoms with Gasteiger partial charge in [0.05, 0.1) is 35.1 Å². The van der Waals surface area contributed by atoms with Gasteiger partial charge in [-0.25, -0.2) is 0 Å². The number of hydrogen-bond donors (Lipinski definition) is 1. The Morgan fingerprint density at radius 2 is 2.06 bits per heavy atom. The van der Waals surface area contributed by atoms with Crippen LogP contribution in [-0.4, -0.2) is 4.98 Å². The molecule has 1 aromatic carbocycles. The summed E-state index contributed by atoms with van der Waals surface area (Å²) in [6.45, 7) is 0. The minimum Gasteiger partial charge on any atom is -0.397 e. The van der Waals surface area contributed by atoms with Crippen molar-refractivity contribution in [3.63, 3.8) is 0 Å². The smallest absolute Gasteiger partial charge is 0.0761 e. The van der Waals surface area contributed by atoms with E-state index in [1.165, 1.54) is 6.20 Å². The predicted octanol–water partition coefficient (Wildman–Crippen LogP) is 3.70. The predicted molar refractivity (Wildman–Crippen MR) is 73.4 cm³/mol. The summed E-state index contributed by atoms with van der Waals surface area (Å²) in [5.41, 5.74) is 8.27. The highest BCUT2D eigenvalue weighted by Gasteiger charge is 2.11. The lowest BCUT2D eigenvalue weighted by Gasteiger charge is -2.09. The van der Waals surface area contributed by atoms with Crippen molar-refractivity contribution in [3.05, 3.63) is 46.1 Å². The average molecular weight is 278 g/mol. The summed E-state index contributed by atoms with van der Waals surface area (Å²) in [7, 11) is 0. The molecule has 0 fully saturated rings. The number of rotatable bonds is 2. The number of nitriles is 1. The van der Waals surface area contributed by atoms with Crippen molar-refractivity contribution >= 4 is 28.9 Å². The van der Waals surface area contributed by atoms with E-state index < -0.39 is 0 Å². The van der Waals surface area contributed by atoms with Gasteiger partial charge >= 0.3 is 0 Å². The van der Waals surface area contributed by atoms with Crippen molar-refractivity contribution in [2.45, 2.75) is 6.42 Å². The minimum atomic E-state index is 0.218. The van der Waals surface area contributed by atoms with Crippen LogP contribution in [0.2, 0.25) is 10.0 Å². The van der Waals surface area contributed by atoms with Crippen LogP contribution in [0, 0.1) is 11.3 Å². The molecular formula is C13H9Cl2N3. The van der Waals surface area contributed by atoms with Gasteiger partial charge in [-0.05, 0) is 29.8 Å². The van der Waals surface area contributed by atoms with Crippen molar-refractivity contribution in [1.82, 2.24) is 4.98 Å². The topological polar surface area (TPSA) is 62.7 Å². The van der Waals surface area contributed by atoms with Gasteiger partial charge in [-0.3, -0.25) is 4.98 Å². The number of aromatic nitrogens is 1. The molecule has 0 amide bonds. The third-order valence-corrected chi connectivity index (χ3v) is 3.01. The normalized spacial score (nSPS) is 10.1. The first-order chi connectivity index (χ1) is 8.61. The molecule has 1 heterocycles. The fourth-order valence-electron chi connectivity index (χ4n) is 1.67. The Labute approximate surface area is 115 Å². The Morgan fingerprint density at radius 1 is 1.28 bits per heavy atom. The molecule has 0 spiro atoms. The monoisotopic (exact) mass is 277 g/mol. The molecule has 0 saturated carbocycles. The van der Waals surface area contributed by atoms with E-state index >= 15 is 0 Å². The Hall–Kier alpha value is -1.76. The molecule has 0 aliphatic carbocycles. The lowest BCUT2D eigenvalue weighted by molar-refractivity contribution is 1.20. The van der Waals surface area contributed by atoms with Crippen LogP contribution in [0.4, 0.5) is 5.69 Å². The van der Waals surface area contributed by atoms with Crippen LogP contribution in [-0.2, 0) is 6.42 Å². The van der Waals surface area contributed by atoms with Gasteiger partial charge in [0.25, 0.3) is 0 Å². The molecule has 90 valence electrons. The maximum atomic E-state index is 8.83. The van der Waals surface area contributed by atoms with Gasteiger partial charge in [0.2, 0.25) is 0 Å². The number of nitrogen functional groups attached to an aromatic ring is 1.